The molecule has 0 fully saturated rings. The molecule has 1 rings (SSSR count). The SMILES string of the molecule is CCCOc1ccc(C(O)C(F)(F)F)cc1Cl. The molecule has 0 aliphatic carbocycles. The summed E-state index contributed by atoms with van der Waals surface area (Å²) in [6.07, 6.45) is -6.46. The van der Waals surface area contributed by atoms with E-state index in [1.165, 1.54) is 6.07 Å². The maximum Gasteiger partial charge on any atom is 0.418 e. The van der Waals surface area contributed by atoms with Crippen LogP contribution in [0.3, 0.4) is 0 Å². The highest BCUT2D eigenvalue weighted by Gasteiger charge is 2.39. The van der Waals surface area contributed by atoms with Crippen molar-refractivity contribution in [3.8, 4) is 5.75 Å². The van der Waals surface area contributed by atoms with Gasteiger partial charge < -0.3 is 9.84 Å². The highest BCUT2D eigenvalue weighted by molar-refractivity contribution is 6.32. The van der Waals surface area contributed by atoms with Gasteiger partial charge in [0.15, 0.2) is 6.10 Å². The molecule has 0 radical (unpaired) electrons. The van der Waals surface area contributed by atoms with Crippen molar-refractivity contribution in [2.24, 2.45) is 0 Å². The van der Waals surface area contributed by atoms with E-state index in [9.17, 15) is 13.2 Å². The highest BCUT2D eigenvalue weighted by atomic mass is 35.5. The Bertz CT molecular complexity index is 379. The van der Waals surface area contributed by atoms with E-state index in [1.54, 1.807) is 0 Å². The molecule has 17 heavy (non-hydrogen) atoms. The lowest BCUT2D eigenvalue weighted by Gasteiger charge is -2.16. The normalized spacial score (nSPS) is 13.5. The molecule has 0 aliphatic heterocycles. The fourth-order valence-electron chi connectivity index (χ4n) is 1.21. The van der Waals surface area contributed by atoms with E-state index >= 15 is 0 Å². The second-order valence-electron chi connectivity index (χ2n) is 3.48. The van der Waals surface area contributed by atoms with Crippen molar-refractivity contribution >= 4 is 11.6 Å². The van der Waals surface area contributed by atoms with E-state index in [1.807, 2.05) is 6.92 Å². The quantitative estimate of drug-likeness (QED) is 0.902. The molecule has 1 N–H and O–H groups in total. The van der Waals surface area contributed by atoms with Crippen molar-refractivity contribution < 1.29 is 23.0 Å². The van der Waals surface area contributed by atoms with E-state index in [-0.39, 0.29) is 10.6 Å². The van der Waals surface area contributed by atoms with E-state index in [4.69, 9.17) is 21.4 Å². The summed E-state index contributed by atoms with van der Waals surface area (Å²) in [5, 5.41) is 9.08. The molecule has 2 nitrogen and oxygen atoms in total. The molecule has 0 amide bonds. The fraction of sp³-hybridized carbons (Fsp3) is 0.455. The third-order valence-electron chi connectivity index (χ3n) is 2.04. The second-order valence-corrected chi connectivity index (χ2v) is 3.89. The van der Waals surface area contributed by atoms with Crippen LogP contribution in [0.15, 0.2) is 18.2 Å². The maximum absolute atomic E-state index is 12.2. The molecule has 96 valence electrons. The lowest BCUT2D eigenvalue weighted by atomic mass is 10.1. The number of hydrogen-bond donors (Lipinski definition) is 1. The maximum atomic E-state index is 12.2. The van der Waals surface area contributed by atoms with Crippen LogP contribution in [0.1, 0.15) is 25.0 Å². The largest absolute Gasteiger partial charge is 0.492 e. The van der Waals surface area contributed by atoms with E-state index in [0.717, 1.165) is 18.6 Å². The summed E-state index contributed by atoms with van der Waals surface area (Å²) >= 11 is 5.76. The van der Waals surface area contributed by atoms with Gasteiger partial charge in [0, 0.05) is 0 Å². The average Bonchev–Trinajstić information content (AvgIpc) is 2.25. The van der Waals surface area contributed by atoms with Gasteiger partial charge in [-0.3, -0.25) is 0 Å². The first-order chi connectivity index (χ1) is 7.86. The zero-order chi connectivity index (χ0) is 13.1. The summed E-state index contributed by atoms with van der Waals surface area (Å²) in [6.45, 7) is 2.33. The molecular weight excluding hydrogens is 257 g/mol. The van der Waals surface area contributed by atoms with Crippen molar-refractivity contribution in [2.75, 3.05) is 6.61 Å². The van der Waals surface area contributed by atoms with Crippen LogP contribution >= 0.6 is 11.6 Å². The number of aliphatic hydroxyl groups is 1. The van der Waals surface area contributed by atoms with Crippen LogP contribution in [0.25, 0.3) is 0 Å². The zero-order valence-corrected chi connectivity index (χ0v) is 9.85. The first kappa shape index (κ1) is 14.1. The molecule has 0 saturated carbocycles. The Morgan fingerprint density at radius 1 is 1.41 bits per heavy atom. The van der Waals surface area contributed by atoms with Gasteiger partial charge in [0.25, 0.3) is 0 Å². The molecule has 0 saturated heterocycles. The molecule has 0 spiro atoms. The predicted molar refractivity (Wildman–Crippen MR) is 58.3 cm³/mol. The van der Waals surface area contributed by atoms with Crippen molar-refractivity contribution in [2.45, 2.75) is 25.6 Å². The fourth-order valence-corrected chi connectivity index (χ4v) is 1.45. The van der Waals surface area contributed by atoms with Crippen LogP contribution < -0.4 is 4.74 Å². The lowest BCUT2D eigenvalue weighted by molar-refractivity contribution is -0.206. The molecule has 1 unspecified atom stereocenters. The summed E-state index contributed by atoms with van der Waals surface area (Å²) in [7, 11) is 0. The van der Waals surface area contributed by atoms with Gasteiger partial charge >= 0.3 is 6.18 Å². The minimum absolute atomic E-state index is 0.0549. The van der Waals surface area contributed by atoms with Gasteiger partial charge in [-0.1, -0.05) is 24.6 Å². The van der Waals surface area contributed by atoms with Crippen LogP contribution in [0.5, 0.6) is 5.75 Å². The van der Waals surface area contributed by atoms with Crippen molar-refractivity contribution in [3.05, 3.63) is 28.8 Å². The van der Waals surface area contributed by atoms with Gasteiger partial charge in [-0.15, -0.1) is 0 Å². The Balaban J connectivity index is 2.89. The monoisotopic (exact) mass is 268 g/mol. The number of rotatable bonds is 4. The van der Waals surface area contributed by atoms with Gasteiger partial charge in [-0.2, -0.15) is 13.2 Å². The summed E-state index contributed by atoms with van der Waals surface area (Å²) in [4.78, 5) is 0. The van der Waals surface area contributed by atoms with Crippen LogP contribution in [0.4, 0.5) is 13.2 Å². The Labute approximate surface area is 102 Å². The van der Waals surface area contributed by atoms with Gasteiger partial charge in [-0.25, -0.2) is 0 Å². The number of halogens is 4. The summed E-state index contributed by atoms with van der Waals surface area (Å²) in [5.41, 5.74) is -0.300. The molecule has 0 heterocycles. The Kier molecular flexibility index (Phi) is 4.65. The van der Waals surface area contributed by atoms with Crippen LogP contribution in [0.2, 0.25) is 5.02 Å². The van der Waals surface area contributed by atoms with Gasteiger partial charge in [0.2, 0.25) is 0 Å². The number of hydrogen-bond acceptors (Lipinski definition) is 2. The molecule has 0 bridgehead atoms. The Morgan fingerprint density at radius 3 is 2.53 bits per heavy atom. The summed E-state index contributed by atoms with van der Waals surface area (Å²) < 4.78 is 41.9. The molecule has 1 aromatic carbocycles. The first-order valence-electron chi connectivity index (χ1n) is 5.03. The minimum Gasteiger partial charge on any atom is -0.492 e. The standard InChI is InChI=1S/C11H12ClF3O2/c1-2-5-17-9-4-3-7(6-8(9)12)10(16)11(13,14)15/h3-4,6,10,16H,2,5H2,1H3. The summed E-state index contributed by atoms with van der Waals surface area (Å²) in [6, 6.07) is 3.53. The van der Waals surface area contributed by atoms with Gasteiger partial charge in [0.05, 0.1) is 11.6 Å². The van der Waals surface area contributed by atoms with E-state index in [0.29, 0.717) is 12.4 Å². The lowest BCUT2D eigenvalue weighted by Crippen LogP contribution is -2.20. The number of aliphatic hydroxyl groups excluding tert-OH is 1. The van der Waals surface area contributed by atoms with Crippen LogP contribution in [0, 0.1) is 0 Å². The van der Waals surface area contributed by atoms with Crippen LogP contribution in [-0.2, 0) is 0 Å². The average molecular weight is 269 g/mol. The zero-order valence-electron chi connectivity index (χ0n) is 9.09. The predicted octanol–water partition coefficient (Wildman–Crippen LogP) is 3.72. The Morgan fingerprint density at radius 2 is 2.06 bits per heavy atom. The second kappa shape index (κ2) is 5.60. The molecule has 0 aliphatic rings. The van der Waals surface area contributed by atoms with Gasteiger partial charge in [-0.05, 0) is 24.1 Å². The molecular formula is C11H12ClF3O2. The smallest absolute Gasteiger partial charge is 0.418 e. The highest BCUT2D eigenvalue weighted by Crippen LogP contribution is 2.35. The van der Waals surface area contributed by atoms with E-state index in [2.05, 4.69) is 0 Å². The first-order valence-corrected chi connectivity index (χ1v) is 5.41. The number of benzene rings is 1. The molecule has 1 atom stereocenters. The molecule has 1 aromatic rings. The number of alkyl halides is 3. The third-order valence-corrected chi connectivity index (χ3v) is 2.34. The minimum atomic E-state index is -4.70. The molecule has 6 heteroatoms. The van der Waals surface area contributed by atoms with Crippen molar-refractivity contribution in [1.82, 2.24) is 0 Å². The third kappa shape index (κ3) is 3.78. The molecule has 0 aromatic heterocycles. The van der Waals surface area contributed by atoms with Gasteiger partial charge in [0.1, 0.15) is 5.75 Å². The topological polar surface area (TPSA) is 29.5 Å². The number of ether oxygens (including phenoxy) is 1. The summed E-state index contributed by atoms with van der Waals surface area (Å²) in [5.74, 6) is 0.312. The van der Waals surface area contributed by atoms with E-state index < -0.39 is 12.3 Å². The van der Waals surface area contributed by atoms with Crippen molar-refractivity contribution in [1.29, 1.82) is 0 Å². The van der Waals surface area contributed by atoms with Crippen molar-refractivity contribution in [3.63, 3.8) is 0 Å². The van der Waals surface area contributed by atoms with Crippen LogP contribution in [-0.4, -0.2) is 17.9 Å². The Hall–Kier alpha value is -0.940.